The Hall–Kier alpha value is -2.10. The van der Waals surface area contributed by atoms with E-state index in [1.807, 2.05) is 24.3 Å². The van der Waals surface area contributed by atoms with E-state index in [2.05, 4.69) is 4.98 Å². The van der Waals surface area contributed by atoms with Gasteiger partial charge in [-0.1, -0.05) is 35.1 Å². The van der Waals surface area contributed by atoms with E-state index in [4.69, 9.17) is 16.7 Å². The summed E-state index contributed by atoms with van der Waals surface area (Å²) in [6.07, 6.45) is 0.574. The Kier molecular flexibility index (Phi) is 4.61. The molecule has 7 atom stereocenters. The fraction of sp³-hybridized carbons (Fsp3) is 0.455. The third-order valence-corrected chi connectivity index (χ3v) is 10.4. The maximum absolute atomic E-state index is 13.2. The second kappa shape index (κ2) is 7.20. The summed E-state index contributed by atoms with van der Waals surface area (Å²) in [6, 6.07) is 7.66. The van der Waals surface area contributed by atoms with E-state index < -0.39 is 11.9 Å². The topological polar surface area (TPSA) is 108 Å². The highest BCUT2D eigenvalue weighted by Gasteiger charge is 2.69. The van der Waals surface area contributed by atoms with Gasteiger partial charge in [0.05, 0.1) is 23.3 Å². The Morgan fingerprint density at radius 2 is 1.81 bits per heavy atom. The molecule has 166 valence electrons. The minimum Gasteiger partial charge on any atom is -0.481 e. The van der Waals surface area contributed by atoms with Gasteiger partial charge in [0, 0.05) is 27.6 Å². The number of H-pyrrole nitrogens is 1. The monoisotopic (exact) mass is 490 g/mol. The van der Waals surface area contributed by atoms with Crippen LogP contribution in [0.25, 0.3) is 0 Å². The molecule has 3 fully saturated rings. The number of nitrogens with one attached hydrogen (secondary N) is 1. The van der Waals surface area contributed by atoms with Gasteiger partial charge in [-0.15, -0.1) is 11.8 Å². The zero-order valence-corrected chi connectivity index (χ0v) is 19.1. The lowest BCUT2D eigenvalue weighted by atomic mass is 9.68. The standard InChI is InChI=1S/C22H19ClN2O5S2/c23-9-3-1-8(2-4-9)13-14-10-7-11(17(14)31-19-18(13)32-22(30)24-19)16-15(10)20(28)25(21(16)29)6-5-12(26)27/h1-4,10-11,13-17H,5-7H2,(H,24,30)(H,26,27)/t10-,11+,13-,14+,15+,16+,17-/m0/s1. The molecule has 2 N–H and O–H groups in total. The molecule has 1 aromatic carbocycles. The molecule has 2 aromatic rings. The molecule has 2 bridgehead atoms. The molecule has 0 radical (unpaired) electrons. The summed E-state index contributed by atoms with van der Waals surface area (Å²) >= 11 is 8.98. The summed E-state index contributed by atoms with van der Waals surface area (Å²) in [5, 5.41) is 10.6. The number of halogens is 1. The maximum Gasteiger partial charge on any atom is 0.305 e. The summed E-state index contributed by atoms with van der Waals surface area (Å²) in [7, 11) is 0. The number of aromatic nitrogens is 1. The van der Waals surface area contributed by atoms with Crippen molar-refractivity contribution in [1.82, 2.24) is 9.88 Å². The number of fused-ring (bicyclic) bond motifs is 9. The van der Waals surface area contributed by atoms with Crippen LogP contribution in [0.5, 0.6) is 0 Å². The van der Waals surface area contributed by atoms with Gasteiger partial charge in [0.2, 0.25) is 11.8 Å². The average molecular weight is 491 g/mol. The molecule has 1 aromatic heterocycles. The molecule has 0 unspecified atom stereocenters. The van der Waals surface area contributed by atoms with E-state index in [-0.39, 0.29) is 64.5 Å². The van der Waals surface area contributed by atoms with E-state index in [0.29, 0.717) is 5.02 Å². The Bertz CT molecular complexity index is 1210. The van der Waals surface area contributed by atoms with E-state index in [0.717, 1.165) is 21.9 Å². The first-order valence-electron chi connectivity index (χ1n) is 10.6. The van der Waals surface area contributed by atoms with Crippen molar-refractivity contribution in [2.45, 2.75) is 29.0 Å². The molecule has 4 aliphatic rings. The van der Waals surface area contributed by atoms with Crippen LogP contribution in [0.1, 0.15) is 29.2 Å². The van der Waals surface area contributed by atoms with Gasteiger partial charge in [-0.05, 0) is 41.9 Å². The first-order chi connectivity index (χ1) is 15.3. The molecule has 6 rings (SSSR count). The first kappa shape index (κ1) is 20.5. The number of imide groups is 1. The van der Waals surface area contributed by atoms with Gasteiger partial charge in [0.15, 0.2) is 0 Å². The average Bonchev–Trinajstić information content (AvgIpc) is 3.47. The van der Waals surface area contributed by atoms with Crippen LogP contribution in [0.4, 0.5) is 0 Å². The molecule has 7 nitrogen and oxygen atoms in total. The Morgan fingerprint density at radius 1 is 1.12 bits per heavy atom. The van der Waals surface area contributed by atoms with Crippen LogP contribution < -0.4 is 4.87 Å². The number of thioether (sulfide) groups is 1. The molecular weight excluding hydrogens is 472 g/mol. The highest BCUT2D eigenvalue weighted by Crippen LogP contribution is 2.68. The number of aliphatic carboxylic acids is 1. The number of hydrogen-bond acceptors (Lipinski definition) is 6. The Morgan fingerprint density at radius 3 is 2.50 bits per heavy atom. The van der Waals surface area contributed by atoms with Crippen molar-refractivity contribution in [3.63, 3.8) is 0 Å². The van der Waals surface area contributed by atoms with Crippen LogP contribution in [0.15, 0.2) is 34.1 Å². The van der Waals surface area contributed by atoms with Gasteiger partial charge in [-0.3, -0.25) is 24.1 Å². The second-order valence-corrected chi connectivity index (χ2v) is 11.6. The van der Waals surface area contributed by atoms with Gasteiger partial charge >= 0.3 is 10.8 Å². The summed E-state index contributed by atoms with van der Waals surface area (Å²) in [5.74, 6) is -2.08. The van der Waals surface area contributed by atoms with Crippen LogP contribution in [0.3, 0.4) is 0 Å². The highest BCUT2D eigenvalue weighted by atomic mass is 35.5. The van der Waals surface area contributed by atoms with Crippen molar-refractivity contribution >= 4 is 52.5 Å². The van der Waals surface area contributed by atoms with Crippen molar-refractivity contribution < 1.29 is 19.5 Å². The largest absolute Gasteiger partial charge is 0.481 e. The van der Waals surface area contributed by atoms with E-state index in [9.17, 15) is 19.2 Å². The summed E-state index contributed by atoms with van der Waals surface area (Å²) < 4.78 is 0. The van der Waals surface area contributed by atoms with E-state index in [1.54, 1.807) is 11.8 Å². The number of thiazole rings is 1. The number of carboxylic acids is 1. The number of likely N-dealkylation sites (tertiary alicyclic amines) is 1. The molecule has 2 aliphatic heterocycles. The van der Waals surface area contributed by atoms with Crippen molar-refractivity contribution in [3.05, 3.63) is 49.4 Å². The Balaban J connectivity index is 1.41. The predicted octanol–water partition coefficient (Wildman–Crippen LogP) is 3.04. The SMILES string of the molecule is O=C(O)CCN1C(=O)[C@@H]2[C@H]3C[C@@H]([C@@H]4Sc5[nH]c(=O)sc5[C@@H](c5ccc(Cl)cc5)[C@@H]34)[C@H]2C1=O. The van der Waals surface area contributed by atoms with Crippen LogP contribution in [0, 0.1) is 29.6 Å². The van der Waals surface area contributed by atoms with Gasteiger partial charge in [0.1, 0.15) is 0 Å². The van der Waals surface area contributed by atoms with Crippen molar-refractivity contribution in [2.24, 2.45) is 29.6 Å². The number of rotatable bonds is 4. The molecule has 2 amide bonds. The number of amides is 2. The number of nitrogens with zero attached hydrogens (tertiary/aromatic N) is 1. The fourth-order valence-electron chi connectivity index (χ4n) is 6.55. The maximum atomic E-state index is 13.2. The third-order valence-electron chi connectivity index (χ3n) is 7.59. The van der Waals surface area contributed by atoms with E-state index >= 15 is 0 Å². The van der Waals surface area contributed by atoms with Crippen molar-refractivity contribution in [2.75, 3.05) is 6.54 Å². The smallest absolute Gasteiger partial charge is 0.305 e. The van der Waals surface area contributed by atoms with Gasteiger partial charge in [-0.2, -0.15) is 0 Å². The number of benzene rings is 1. The number of carbonyl (C=O) groups is 3. The fourth-order valence-corrected chi connectivity index (χ4v) is 9.56. The highest BCUT2D eigenvalue weighted by molar-refractivity contribution is 8.00. The van der Waals surface area contributed by atoms with Crippen molar-refractivity contribution in [3.8, 4) is 0 Å². The lowest BCUT2D eigenvalue weighted by molar-refractivity contribution is -0.142. The van der Waals surface area contributed by atoms with Gasteiger partial charge < -0.3 is 10.1 Å². The minimum atomic E-state index is -1.02. The summed E-state index contributed by atoms with van der Waals surface area (Å²) in [4.78, 5) is 54.7. The number of hydrogen-bond donors (Lipinski definition) is 2. The number of aromatic amines is 1. The zero-order chi connectivity index (χ0) is 22.3. The second-order valence-electron chi connectivity index (χ2n) is 8.98. The summed E-state index contributed by atoms with van der Waals surface area (Å²) in [5.41, 5.74) is 1.06. The van der Waals surface area contributed by atoms with Crippen molar-refractivity contribution in [1.29, 1.82) is 0 Å². The molecule has 1 saturated heterocycles. The summed E-state index contributed by atoms with van der Waals surface area (Å²) in [6.45, 7) is -0.0663. The third kappa shape index (κ3) is 2.80. The van der Waals surface area contributed by atoms with Gasteiger partial charge in [-0.25, -0.2) is 0 Å². The zero-order valence-electron chi connectivity index (χ0n) is 16.7. The Labute approximate surface area is 196 Å². The number of carboxylic acid groups (broad SMARTS) is 1. The predicted molar refractivity (Wildman–Crippen MR) is 119 cm³/mol. The van der Waals surface area contributed by atoms with Crippen LogP contribution in [-0.4, -0.2) is 44.6 Å². The lowest BCUT2D eigenvalue weighted by Crippen LogP contribution is -2.42. The van der Waals surface area contributed by atoms with Crippen LogP contribution in [0.2, 0.25) is 5.02 Å². The molecule has 2 saturated carbocycles. The first-order valence-corrected chi connectivity index (χ1v) is 12.6. The van der Waals surface area contributed by atoms with E-state index in [1.165, 1.54) is 16.2 Å². The molecule has 3 heterocycles. The molecule has 10 heteroatoms. The normalized spacial score (nSPS) is 34.5. The van der Waals surface area contributed by atoms with Crippen LogP contribution >= 0.6 is 34.7 Å². The quantitative estimate of drug-likeness (QED) is 0.638. The minimum absolute atomic E-state index is 0.0276. The molecule has 2 aliphatic carbocycles. The van der Waals surface area contributed by atoms with Crippen LogP contribution in [-0.2, 0) is 14.4 Å². The molecule has 0 spiro atoms. The lowest BCUT2D eigenvalue weighted by Gasteiger charge is -2.43. The molecule has 32 heavy (non-hydrogen) atoms. The molecular formula is C22H19ClN2O5S2. The number of carbonyl (C=O) groups excluding carboxylic acids is 2. The van der Waals surface area contributed by atoms with Gasteiger partial charge in [0.25, 0.3) is 0 Å².